The van der Waals surface area contributed by atoms with Crippen molar-refractivity contribution in [3.8, 4) is 0 Å². The molecule has 0 saturated carbocycles. The summed E-state index contributed by atoms with van der Waals surface area (Å²) in [5.74, 6) is -0.342. The van der Waals surface area contributed by atoms with Gasteiger partial charge in [-0.25, -0.2) is 0 Å². The molecule has 2 unspecified atom stereocenters. The largest absolute Gasteiger partial charge is 0.352 e. The van der Waals surface area contributed by atoms with Crippen molar-refractivity contribution >= 4 is 46.6 Å². The predicted molar refractivity (Wildman–Crippen MR) is 149 cm³/mol. The summed E-state index contributed by atoms with van der Waals surface area (Å²) in [7, 11) is 0. The van der Waals surface area contributed by atoms with Crippen molar-refractivity contribution in [3.05, 3.63) is 105 Å². The number of nitrogens with zero attached hydrogens (tertiary/aromatic N) is 1. The highest BCUT2D eigenvalue weighted by atomic mass is 35.5. The lowest BCUT2D eigenvalue weighted by Gasteiger charge is -2.32. The Morgan fingerprint density at radius 3 is 2.25 bits per heavy atom. The van der Waals surface area contributed by atoms with Gasteiger partial charge in [-0.15, -0.1) is 0 Å². The smallest absolute Gasteiger partial charge is 0.243 e. The Morgan fingerprint density at radius 1 is 0.889 bits per heavy atom. The van der Waals surface area contributed by atoms with Gasteiger partial charge >= 0.3 is 0 Å². The second-order valence-electron chi connectivity index (χ2n) is 8.87. The first-order chi connectivity index (χ1) is 17.3. The van der Waals surface area contributed by atoms with Gasteiger partial charge in [0.15, 0.2) is 0 Å². The van der Waals surface area contributed by atoms with Crippen LogP contribution >= 0.6 is 34.8 Å². The molecule has 0 fully saturated rings. The number of hydrogen-bond acceptors (Lipinski definition) is 2. The monoisotopic (exact) mass is 544 g/mol. The third-order valence-electron chi connectivity index (χ3n) is 6.19. The minimum absolute atomic E-state index is 0.0185. The third-order valence-corrected chi connectivity index (χ3v) is 7.15. The van der Waals surface area contributed by atoms with Gasteiger partial charge in [0.05, 0.1) is 0 Å². The number of nitrogens with one attached hydrogen (secondary N) is 1. The predicted octanol–water partition coefficient (Wildman–Crippen LogP) is 7.13. The SMILES string of the molecule is CCC(C)NC(=O)C(Cc1ccccc1)N(Cc1ccc(Cl)cc1Cl)C(=O)CCc1ccccc1Cl. The lowest BCUT2D eigenvalue weighted by Crippen LogP contribution is -2.52. The molecule has 0 aliphatic rings. The van der Waals surface area contributed by atoms with E-state index in [4.69, 9.17) is 34.8 Å². The van der Waals surface area contributed by atoms with Gasteiger partial charge in [-0.05, 0) is 54.7 Å². The molecule has 3 rings (SSSR count). The Balaban J connectivity index is 1.95. The Hall–Kier alpha value is -2.53. The van der Waals surface area contributed by atoms with Gasteiger partial charge in [0.25, 0.3) is 0 Å². The van der Waals surface area contributed by atoms with Crippen LogP contribution in [0.1, 0.15) is 43.4 Å². The van der Waals surface area contributed by atoms with Gasteiger partial charge < -0.3 is 10.2 Å². The fourth-order valence-corrected chi connectivity index (χ4v) is 4.61. The maximum absolute atomic E-state index is 13.7. The van der Waals surface area contributed by atoms with Crippen LogP contribution in [0.4, 0.5) is 0 Å². The van der Waals surface area contributed by atoms with E-state index < -0.39 is 6.04 Å². The van der Waals surface area contributed by atoms with E-state index in [2.05, 4.69) is 5.32 Å². The number of halogens is 3. The molecule has 0 aromatic heterocycles. The normalized spacial score (nSPS) is 12.6. The Kier molecular flexibility index (Phi) is 10.7. The fraction of sp³-hybridized carbons (Fsp3) is 0.310. The molecule has 0 aliphatic heterocycles. The van der Waals surface area contributed by atoms with Gasteiger partial charge in [0.1, 0.15) is 6.04 Å². The van der Waals surface area contributed by atoms with Crippen molar-refractivity contribution in [2.45, 2.75) is 58.2 Å². The van der Waals surface area contributed by atoms with Crippen LogP contribution in [0.25, 0.3) is 0 Å². The first-order valence-electron chi connectivity index (χ1n) is 12.1. The second-order valence-corrected chi connectivity index (χ2v) is 10.1. The van der Waals surface area contributed by atoms with Crippen molar-refractivity contribution in [2.24, 2.45) is 0 Å². The zero-order valence-electron chi connectivity index (χ0n) is 20.5. The minimum Gasteiger partial charge on any atom is -0.352 e. The van der Waals surface area contributed by atoms with Crippen molar-refractivity contribution in [1.82, 2.24) is 10.2 Å². The van der Waals surface area contributed by atoms with Crippen LogP contribution in [-0.2, 0) is 29.0 Å². The maximum atomic E-state index is 13.7. The molecule has 4 nitrogen and oxygen atoms in total. The summed E-state index contributed by atoms with van der Waals surface area (Å²) < 4.78 is 0. The summed E-state index contributed by atoms with van der Waals surface area (Å²) in [6.45, 7) is 4.15. The standard InChI is InChI=1S/C29H31Cl3N2O2/c1-3-20(2)33-29(36)27(17-21-9-5-4-6-10-21)34(19-23-13-15-24(30)18-26(23)32)28(35)16-14-22-11-7-8-12-25(22)31/h4-13,15,18,20,27H,3,14,16-17,19H2,1-2H3,(H,33,36). The number of amides is 2. The molecule has 190 valence electrons. The average Bonchev–Trinajstić information content (AvgIpc) is 2.87. The number of rotatable bonds is 11. The molecular formula is C29H31Cl3N2O2. The van der Waals surface area contributed by atoms with Crippen LogP contribution in [0, 0.1) is 0 Å². The minimum atomic E-state index is -0.716. The molecule has 36 heavy (non-hydrogen) atoms. The van der Waals surface area contributed by atoms with Crippen LogP contribution in [-0.4, -0.2) is 28.8 Å². The van der Waals surface area contributed by atoms with E-state index in [-0.39, 0.29) is 30.8 Å². The summed E-state index contributed by atoms with van der Waals surface area (Å²) in [5.41, 5.74) is 2.58. The molecule has 7 heteroatoms. The molecular weight excluding hydrogens is 515 g/mol. The first-order valence-corrected chi connectivity index (χ1v) is 13.2. The summed E-state index contributed by atoms with van der Waals surface area (Å²) in [5, 5.41) is 4.65. The molecule has 0 heterocycles. The van der Waals surface area contributed by atoms with E-state index in [1.165, 1.54) is 0 Å². The lowest BCUT2D eigenvalue weighted by molar-refractivity contribution is -0.141. The molecule has 0 saturated heterocycles. The van der Waals surface area contributed by atoms with E-state index in [0.29, 0.717) is 27.9 Å². The van der Waals surface area contributed by atoms with Crippen LogP contribution in [0.5, 0.6) is 0 Å². The van der Waals surface area contributed by atoms with Crippen molar-refractivity contribution < 1.29 is 9.59 Å². The summed E-state index contributed by atoms with van der Waals surface area (Å²) in [6.07, 6.45) is 1.84. The number of carbonyl (C=O) groups excluding carboxylic acids is 2. The van der Waals surface area contributed by atoms with Crippen LogP contribution in [0.15, 0.2) is 72.8 Å². The van der Waals surface area contributed by atoms with Crippen LogP contribution < -0.4 is 5.32 Å². The third kappa shape index (κ3) is 7.99. The molecule has 0 radical (unpaired) electrons. The van der Waals surface area contributed by atoms with E-state index in [9.17, 15) is 9.59 Å². The van der Waals surface area contributed by atoms with E-state index in [0.717, 1.165) is 23.1 Å². The van der Waals surface area contributed by atoms with E-state index in [1.54, 1.807) is 23.1 Å². The lowest BCUT2D eigenvalue weighted by atomic mass is 10.0. The quantitative estimate of drug-likeness (QED) is 0.278. The molecule has 0 bridgehead atoms. The molecule has 0 spiro atoms. The molecule has 3 aromatic carbocycles. The van der Waals surface area contributed by atoms with Gasteiger partial charge in [-0.3, -0.25) is 9.59 Å². The summed E-state index contributed by atoms with van der Waals surface area (Å²) in [4.78, 5) is 28.9. The zero-order valence-corrected chi connectivity index (χ0v) is 22.8. The molecule has 0 aliphatic carbocycles. The summed E-state index contributed by atoms with van der Waals surface area (Å²) in [6, 6.07) is 21.6. The molecule has 2 amide bonds. The fourth-order valence-electron chi connectivity index (χ4n) is 3.91. The Bertz CT molecular complexity index is 1170. The Labute approximate surface area is 228 Å². The van der Waals surface area contributed by atoms with Crippen molar-refractivity contribution in [3.63, 3.8) is 0 Å². The topological polar surface area (TPSA) is 49.4 Å². The number of benzene rings is 3. The van der Waals surface area contributed by atoms with Crippen LogP contribution in [0.2, 0.25) is 15.1 Å². The molecule has 2 atom stereocenters. The first kappa shape index (κ1) is 28.0. The highest BCUT2D eigenvalue weighted by Crippen LogP contribution is 2.25. The highest BCUT2D eigenvalue weighted by molar-refractivity contribution is 6.35. The maximum Gasteiger partial charge on any atom is 0.243 e. The molecule has 1 N–H and O–H groups in total. The van der Waals surface area contributed by atoms with Crippen molar-refractivity contribution in [1.29, 1.82) is 0 Å². The average molecular weight is 546 g/mol. The number of aryl methyl sites for hydroxylation is 1. The van der Waals surface area contributed by atoms with Gasteiger partial charge in [-0.1, -0.05) is 96.3 Å². The Morgan fingerprint density at radius 2 is 1.58 bits per heavy atom. The summed E-state index contributed by atoms with van der Waals surface area (Å²) >= 11 is 18.9. The van der Waals surface area contributed by atoms with Crippen LogP contribution in [0.3, 0.4) is 0 Å². The van der Waals surface area contributed by atoms with E-state index >= 15 is 0 Å². The van der Waals surface area contributed by atoms with E-state index in [1.807, 2.05) is 68.4 Å². The number of carbonyl (C=O) groups is 2. The molecule has 3 aromatic rings. The van der Waals surface area contributed by atoms with Gasteiger partial charge in [-0.2, -0.15) is 0 Å². The van der Waals surface area contributed by atoms with Crippen molar-refractivity contribution in [2.75, 3.05) is 0 Å². The van der Waals surface area contributed by atoms with Gasteiger partial charge in [0.2, 0.25) is 11.8 Å². The van der Waals surface area contributed by atoms with Gasteiger partial charge in [0, 0.05) is 40.5 Å². The number of hydrogen-bond donors (Lipinski definition) is 1. The highest BCUT2D eigenvalue weighted by Gasteiger charge is 2.31. The zero-order chi connectivity index (χ0) is 26.1. The second kappa shape index (κ2) is 13.7.